The summed E-state index contributed by atoms with van der Waals surface area (Å²) in [5.41, 5.74) is 3.55. The van der Waals surface area contributed by atoms with Crippen LogP contribution in [0, 0.1) is 17.1 Å². The van der Waals surface area contributed by atoms with Crippen molar-refractivity contribution in [1.82, 2.24) is 15.3 Å². The van der Waals surface area contributed by atoms with E-state index < -0.39 is 0 Å². The van der Waals surface area contributed by atoms with Crippen LogP contribution >= 0.6 is 11.6 Å². The molecule has 6 nitrogen and oxygen atoms in total. The fourth-order valence-electron chi connectivity index (χ4n) is 3.57. The van der Waals surface area contributed by atoms with Crippen molar-refractivity contribution >= 4 is 23.3 Å². The van der Waals surface area contributed by atoms with Gasteiger partial charge in [0.2, 0.25) is 0 Å². The van der Waals surface area contributed by atoms with E-state index in [1.54, 1.807) is 48.7 Å². The molecular weight excluding hydrogens is 465 g/mol. The van der Waals surface area contributed by atoms with E-state index in [0.29, 0.717) is 51.9 Å². The standard InChI is InChI=1S/C27H21ClFN5O/c28-25-20(7-4-13-31-25)17-33-27(35)23-10-11-24(22-9-2-1-6-19(22)16-30)34-26(23)32-14-12-18-5-3-8-21(29)15-18/h1-11,13,15H,12,14,17H2,(H,32,34)(H,33,35). The lowest BCUT2D eigenvalue weighted by molar-refractivity contribution is 0.0951. The third-order valence-corrected chi connectivity index (χ3v) is 5.67. The van der Waals surface area contributed by atoms with Gasteiger partial charge in [0.05, 0.1) is 22.9 Å². The molecule has 0 bridgehead atoms. The van der Waals surface area contributed by atoms with Gasteiger partial charge in [-0.3, -0.25) is 4.79 Å². The van der Waals surface area contributed by atoms with Crippen LogP contribution in [0.2, 0.25) is 5.15 Å². The van der Waals surface area contributed by atoms with Crippen LogP contribution in [0.15, 0.2) is 79.0 Å². The van der Waals surface area contributed by atoms with Gasteiger partial charge in [-0.25, -0.2) is 14.4 Å². The van der Waals surface area contributed by atoms with E-state index in [9.17, 15) is 14.4 Å². The third kappa shape index (κ3) is 5.99. The summed E-state index contributed by atoms with van der Waals surface area (Å²) >= 11 is 6.10. The van der Waals surface area contributed by atoms with E-state index >= 15 is 0 Å². The largest absolute Gasteiger partial charge is 0.369 e. The minimum atomic E-state index is -0.342. The molecule has 174 valence electrons. The Morgan fingerprint density at radius 2 is 1.91 bits per heavy atom. The summed E-state index contributed by atoms with van der Waals surface area (Å²) in [6.07, 6.45) is 2.11. The van der Waals surface area contributed by atoms with Crippen LogP contribution in [-0.2, 0) is 13.0 Å². The first-order chi connectivity index (χ1) is 17.0. The molecule has 0 saturated heterocycles. The third-order valence-electron chi connectivity index (χ3n) is 5.33. The highest BCUT2D eigenvalue weighted by atomic mass is 35.5. The lowest BCUT2D eigenvalue weighted by Gasteiger charge is -2.14. The SMILES string of the molecule is N#Cc1ccccc1-c1ccc(C(=O)NCc2cccnc2Cl)c(NCCc2cccc(F)c2)n1. The van der Waals surface area contributed by atoms with Crippen LogP contribution in [0.5, 0.6) is 0 Å². The van der Waals surface area contributed by atoms with Gasteiger partial charge in [0, 0.05) is 30.4 Å². The van der Waals surface area contributed by atoms with Crippen molar-refractivity contribution in [3.05, 3.63) is 112 Å². The summed E-state index contributed by atoms with van der Waals surface area (Å²) in [5.74, 6) is -0.280. The fourth-order valence-corrected chi connectivity index (χ4v) is 3.76. The maximum Gasteiger partial charge on any atom is 0.255 e. The lowest BCUT2D eigenvalue weighted by atomic mass is 10.0. The van der Waals surface area contributed by atoms with Crippen molar-refractivity contribution in [3.8, 4) is 17.3 Å². The first-order valence-corrected chi connectivity index (χ1v) is 11.3. The number of halogens is 2. The molecule has 0 unspecified atom stereocenters. The predicted octanol–water partition coefficient (Wildman–Crippen LogP) is 5.39. The van der Waals surface area contributed by atoms with Crippen LogP contribution in [0.1, 0.15) is 27.0 Å². The van der Waals surface area contributed by atoms with Crippen LogP contribution in [0.25, 0.3) is 11.3 Å². The minimum absolute atomic E-state index is 0.202. The van der Waals surface area contributed by atoms with Gasteiger partial charge in [0.1, 0.15) is 16.8 Å². The average molecular weight is 486 g/mol. The van der Waals surface area contributed by atoms with Gasteiger partial charge in [-0.1, -0.05) is 48.0 Å². The van der Waals surface area contributed by atoms with Gasteiger partial charge in [-0.15, -0.1) is 0 Å². The van der Waals surface area contributed by atoms with Gasteiger partial charge in [0.15, 0.2) is 0 Å². The molecule has 4 aromatic rings. The highest BCUT2D eigenvalue weighted by Crippen LogP contribution is 2.25. The zero-order chi connectivity index (χ0) is 24.6. The molecule has 2 aromatic carbocycles. The number of aromatic nitrogens is 2. The topological polar surface area (TPSA) is 90.7 Å². The molecule has 0 aliphatic heterocycles. The van der Waals surface area contributed by atoms with Crippen molar-refractivity contribution in [2.75, 3.05) is 11.9 Å². The molecule has 0 atom stereocenters. The quantitative estimate of drug-likeness (QED) is 0.326. The Labute approximate surface area is 207 Å². The number of nitrogens with one attached hydrogen (secondary N) is 2. The summed E-state index contributed by atoms with van der Waals surface area (Å²) in [7, 11) is 0. The normalized spacial score (nSPS) is 10.4. The molecule has 0 aliphatic carbocycles. The number of anilines is 1. The Balaban J connectivity index is 1.59. The predicted molar refractivity (Wildman–Crippen MR) is 133 cm³/mol. The highest BCUT2D eigenvalue weighted by molar-refractivity contribution is 6.30. The zero-order valence-electron chi connectivity index (χ0n) is 18.6. The smallest absolute Gasteiger partial charge is 0.255 e. The van der Waals surface area contributed by atoms with Gasteiger partial charge in [-0.05, 0) is 48.4 Å². The number of nitriles is 1. The Morgan fingerprint density at radius 1 is 1.06 bits per heavy atom. The van der Waals surface area contributed by atoms with Gasteiger partial charge >= 0.3 is 0 Å². The number of nitrogens with zero attached hydrogens (tertiary/aromatic N) is 3. The Kier molecular flexibility index (Phi) is 7.66. The number of rotatable bonds is 8. The molecule has 35 heavy (non-hydrogen) atoms. The minimum Gasteiger partial charge on any atom is -0.369 e. The molecule has 4 rings (SSSR count). The molecule has 2 N–H and O–H groups in total. The van der Waals surface area contributed by atoms with Crippen molar-refractivity contribution < 1.29 is 9.18 Å². The second-order valence-corrected chi connectivity index (χ2v) is 8.05. The summed E-state index contributed by atoms with van der Waals surface area (Å²) in [6.45, 7) is 0.627. The van der Waals surface area contributed by atoms with Crippen molar-refractivity contribution in [1.29, 1.82) is 5.26 Å². The molecular formula is C27H21ClFN5O. The summed E-state index contributed by atoms with van der Waals surface area (Å²) < 4.78 is 13.5. The molecule has 0 saturated carbocycles. The van der Waals surface area contributed by atoms with E-state index in [1.165, 1.54) is 12.1 Å². The Morgan fingerprint density at radius 3 is 2.71 bits per heavy atom. The van der Waals surface area contributed by atoms with Gasteiger partial charge < -0.3 is 10.6 Å². The van der Waals surface area contributed by atoms with Crippen LogP contribution in [0.4, 0.5) is 10.2 Å². The maximum absolute atomic E-state index is 13.5. The summed E-state index contributed by atoms with van der Waals surface area (Å²) in [6, 6.07) is 22.6. The number of hydrogen-bond donors (Lipinski definition) is 2. The van der Waals surface area contributed by atoms with Gasteiger partial charge in [0.25, 0.3) is 5.91 Å². The van der Waals surface area contributed by atoms with Crippen LogP contribution < -0.4 is 10.6 Å². The number of hydrogen-bond acceptors (Lipinski definition) is 5. The first-order valence-electron chi connectivity index (χ1n) is 10.9. The van der Waals surface area contributed by atoms with Gasteiger partial charge in [-0.2, -0.15) is 5.26 Å². The molecule has 2 aromatic heterocycles. The Bertz CT molecular complexity index is 1400. The van der Waals surface area contributed by atoms with Crippen LogP contribution in [-0.4, -0.2) is 22.4 Å². The van der Waals surface area contributed by atoms with E-state index in [4.69, 9.17) is 11.6 Å². The second-order valence-electron chi connectivity index (χ2n) is 7.69. The molecule has 0 radical (unpaired) electrons. The molecule has 2 heterocycles. The number of pyridine rings is 2. The Hall–Kier alpha value is -4.28. The van der Waals surface area contributed by atoms with E-state index in [0.717, 1.165) is 5.56 Å². The van der Waals surface area contributed by atoms with Crippen molar-refractivity contribution in [2.45, 2.75) is 13.0 Å². The van der Waals surface area contributed by atoms with E-state index in [-0.39, 0.29) is 18.3 Å². The second kappa shape index (κ2) is 11.2. The van der Waals surface area contributed by atoms with E-state index in [1.807, 2.05) is 18.2 Å². The first kappa shape index (κ1) is 23.9. The average Bonchev–Trinajstić information content (AvgIpc) is 2.88. The van der Waals surface area contributed by atoms with Crippen molar-refractivity contribution in [2.24, 2.45) is 0 Å². The number of carbonyl (C=O) groups is 1. The molecule has 0 fully saturated rings. The molecule has 0 aliphatic rings. The van der Waals surface area contributed by atoms with E-state index in [2.05, 4.69) is 26.7 Å². The molecule has 0 spiro atoms. The molecule has 1 amide bonds. The fraction of sp³-hybridized carbons (Fsp3) is 0.111. The zero-order valence-corrected chi connectivity index (χ0v) is 19.4. The van der Waals surface area contributed by atoms with Crippen LogP contribution in [0.3, 0.4) is 0 Å². The summed E-state index contributed by atoms with van der Waals surface area (Å²) in [4.78, 5) is 21.7. The summed E-state index contributed by atoms with van der Waals surface area (Å²) in [5, 5.41) is 15.9. The monoisotopic (exact) mass is 485 g/mol. The highest BCUT2D eigenvalue weighted by Gasteiger charge is 2.16. The molecule has 8 heteroatoms. The van der Waals surface area contributed by atoms with Crippen molar-refractivity contribution in [3.63, 3.8) is 0 Å². The lowest BCUT2D eigenvalue weighted by Crippen LogP contribution is -2.25. The number of carbonyl (C=O) groups excluding carboxylic acids is 1. The maximum atomic E-state index is 13.5. The number of amides is 1. The number of benzene rings is 2.